The zero-order valence-electron chi connectivity index (χ0n) is 34.9. The topological polar surface area (TPSA) is 233 Å². The van der Waals surface area contributed by atoms with Gasteiger partial charge in [-0.1, -0.05) is 80.2 Å². The maximum absolute atomic E-state index is 12.9. The molecule has 0 radical (unpaired) electrons. The summed E-state index contributed by atoms with van der Waals surface area (Å²) in [7, 11) is 0. The molecule has 2 fully saturated rings. The van der Waals surface area contributed by atoms with Crippen molar-refractivity contribution in [2.75, 3.05) is 11.1 Å². The molecule has 4 aromatic heterocycles. The lowest BCUT2D eigenvalue weighted by Crippen LogP contribution is -2.18. The van der Waals surface area contributed by atoms with Crippen LogP contribution in [0.5, 0.6) is 0 Å². The number of hydrogen-bond acceptors (Lipinski definition) is 9. The van der Waals surface area contributed by atoms with Gasteiger partial charge in [-0.25, -0.2) is 10.9 Å². The van der Waals surface area contributed by atoms with Gasteiger partial charge in [-0.05, 0) is 83.3 Å². The molecule has 2 aliphatic heterocycles. The molecular weight excluding hydrogens is 868 g/mol. The quantitative estimate of drug-likeness (QED) is 0.0761. The second kappa shape index (κ2) is 19.0. The van der Waals surface area contributed by atoms with Crippen molar-refractivity contribution in [3.05, 3.63) is 167 Å². The molecule has 0 bridgehead atoms. The van der Waals surface area contributed by atoms with Crippen molar-refractivity contribution in [2.24, 2.45) is 22.0 Å². The highest BCUT2D eigenvalue weighted by molar-refractivity contribution is 6.19. The van der Waals surface area contributed by atoms with Gasteiger partial charge in [-0.2, -0.15) is 10.2 Å². The molecule has 16 heteroatoms. The van der Waals surface area contributed by atoms with E-state index in [2.05, 4.69) is 46.3 Å². The largest absolute Gasteiger partial charge is 0.481 e. The fourth-order valence-electron chi connectivity index (χ4n) is 8.64. The minimum absolute atomic E-state index is 0. The molecule has 336 valence electrons. The van der Waals surface area contributed by atoms with Crippen LogP contribution in [0.15, 0.2) is 144 Å². The molecule has 8 N–H and O–H groups in total. The van der Waals surface area contributed by atoms with Gasteiger partial charge in [0.25, 0.3) is 11.8 Å². The van der Waals surface area contributed by atoms with Gasteiger partial charge in [0.05, 0.1) is 40.9 Å². The Bertz CT molecular complexity index is 3210. The number of nitrogens with zero attached hydrogens (tertiary/aromatic N) is 4. The number of H-pyrrole nitrogens is 2. The van der Waals surface area contributed by atoms with E-state index in [1.165, 1.54) is 0 Å². The molecule has 3 amide bonds. The summed E-state index contributed by atoms with van der Waals surface area (Å²) in [6.07, 6.45) is 11.9. The molecule has 0 saturated heterocycles. The predicted octanol–water partition coefficient (Wildman–Crippen LogP) is 8.87. The van der Waals surface area contributed by atoms with Gasteiger partial charge in [0.1, 0.15) is 0 Å². The van der Waals surface area contributed by atoms with Crippen LogP contribution in [0, 0.1) is 11.8 Å². The fourth-order valence-corrected chi connectivity index (χ4v) is 8.64. The van der Waals surface area contributed by atoms with Gasteiger partial charge in [-0.15, -0.1) is 12.4 Å². The Hall–Kier alpha value is -8.43. The molecule has 15 nitrogen and oxygen atoms in total. The normalized spacial score (nSPS) is 17.9. The first kappa shape index (κ1) is 45.1. The van der Waals surface area contributed by atoms with Crippen LogP contribution in [0.1, 0.15) is 75.1 Å². The van der Waals surface area contributed by atoms with Crippen LogP contribution < -0.4 is 21.9 Å². The van der Waals surface area contributed by atoms with E-state index in [0.717, 1.165) is 79.4 Å². The fraction of sp³-hybridized carbons (Fsp3) is 0.137. The lowest BCUT2D eigenvalue weighted by atomic mass is 10.0. The van der Waals surface area contributed by atoms with E-state index in [1.54, 1.807) is 43.2 Å². The SMILES string of the molecule is C.Cl.Nc1cc2c3c(c(-c4ccccc4)[nH]c3c1)C=NNC2=O.O=C(O)C1CC1c1cccnc1.O=C1NN=Cc2c(-c3ccccc3)[nH]c3cc(NC(=O)C4CC4c4cccnc4)cc1c23. The van der Waals surface area contributed by atoms with Gasteiger partial charge in [0.15, 0.2) is 0 Å². The number of aromatic amines is 2. The first-order valence-corrected chi connectivity index (χ1v) is 21.0. The highest BCUT2D eigenvalue weighted by atomic mass is 35.5. The van der Waals surface area contributed by atoms with E-state index in [9.17, 15) is 19.2 Å². The molecule has 12 rings (SSSR count). The number of hydrogen-bond donors (Lipinski definition) is 7. The number of carbonyl (C=O) groups excluding carboxylic acids is 3. The second-order valence-electron chi connectivity index (χ2n) is 16.2. The molecule has 4 aliphatic rings. The number of carbonyl (C=O) groups is 4. The van der Waals surface area contributed by atoms with E-state index in [0.29, 0.717) is 22.5 Å². The van der Waals surface area contributed by atoms with Crippen molar-refractivity contribution in [3.63, 3.8) is 0 Å². The Morgan fingerprint density at radius 3 is 1.63 bits per heavy atom. The molecule has 4 atom stereocenters. The minimum atomic E-state index is -0.691. The van der Waals surface area contributed by atoms with Crippen molar-refractivity contribution >= 4 is 81.7 Å². The summed E-state index contributed by atoms with van der Waals surface area (Å²) >= 11 is 0. The van der Waals surface area contributed by atoms with Crippen LogP contribution in [0.25, 0.3) is 44.3 Å². The Labute approximate surface area is 390 Å². The van der Waals surface area contributed by atoms with Crippen molar-refractivity contribution in [2.45, 2.75) is 32.1 Å². The van der Waals surface area contributed by atoms with E-state index in [-0.39, 0.29) is 61.2 Å². The van der Waals surface area contributed by atoms with Gasteiger partial charge < -0.3 is 26.1 Å². The number of anilines is 2. The summed E-state index contributed by atoms with van der Waals surface area (Å²) in [5.74, 6) is -1.17. The second-order valence-corrected chi connectivity index (χ2v) is 16.2. The average molecular weight is 913 g/mol. The number of nitrogen functional groups attached to an aromatic ring is 1. The summed E-state index contributed by atoms with van der Waals surface area (Å²) in [4.78, 5) is 63.1. The van der Waals surface area contributed by atoms with Crippen molar-refractivity contribution in [1.29, 1.82) is 0 Å². The summed E-state index contributed by atoms with van der Waals surface area (Å²) in [6, 6.07) is 34.6. The number of rotatable bonds is 7. The number of hydrazone groups is 2. The van der Waals surface area contributed by atoms with Crippen LogP contribution >= 0.6 is 12.4 Å². The smallest absolute Gasteiger partial charge is 0.307 e. The lowest BCUT2D eigenvalue weighted by Gasteiger charge is -2.08. The third kappa shape index (κ3) is 9.13. The van der Waals surface area contributed by atoms with Crippen LogP contribution in [0.3, 0.4) is 0 Å². The Morgan fingerprint density at radius 1 is 0.642 bits per heavy atom. The minimum Gasteiger partial charge on any atom is -0.481 e. The maximum atomic E-state index is 12.9. The zero-order chi connectivity index (χ0) is 44.6. The third-order valence-corrected chi connectivity index (χ3v) is 12.0. The molecule has 4 unspecified atom stereocenters. The summed E-state index contributed by atoms with van der Waals surface area (Å²) in [5.41, 5.74) is 22.4. The maximum Gasteiger partial charge on any atom is 0.307 e. The molecular formula is C51H45ClN10O5. The number of amides is 3. The number of nitrogens with two attached hydrogens (primary N) is 1. The predicted molar refractivity (Wildman–Crippen MR) is 262 cm³/mol. The molecule has 8 aromatic rings. The number of pyridine rings is 2. The number of aliphatic carboxylic acids is 1. The molecule has 2 aliphatic carbocycles. The molecule has 67 heavy (non-hydrogen) atoms. The highest BCUT2D eigenvalue weighted by Crippen LogP contribution is 2.48. The van der Waals surface area contributed by atoms with Crippen LogP contribution in [0.4, 0.5) is 11.4 Å². The van der Waals surface area contributed by atoms with Crippen molar-refractivity contribution in [1.82, 2.24) is 30.8 Å². The average Bonchev–Trinajstić information content (AvgIpc) is 4.26. The number of carboxylic acids is 1. The molecule has 2 saturated carbocycles. The Kier molecular flexibility index (Phi) is 12.8. The third-order valence-electron chi connectivity index (χ3n) is 12.0. The van der Waals surface area contributed by atoms with Crippen LogP contribution in [0.2, 0.25) is 0 Å². The van der Waals surface area contributed by atoms with Crippen molar-refractivity contribution in [3.8, 4) is 22.5 Å². The molecule has 0 spiro atoms. The number of halogens is 1. The number of carboxylic acid groups (broad SMARTS) is 1. The summed E-state index contributed by atoms with van der Waals surface area (Å²) < 4.78 is 0. The number of aromatic nitrogens is 4. The summed E-state index contributed by atoms with van der Waals surface area (Å²) in [6.45, 7) is 0. The van der Waals surface area contributed by atoms with E-state index < -0.39 is 5.97 Å². The molecule has 4 aromatic carbocycles. The van der Waals surface area contributed by atoms with E-state index in [1.807, 2.05) is 103 Å². The van der Waals surface area contributed by atoms with Gasteiger partial charge in [0, 0.05) is 75.0 Å². The monoisotopic (exact) mass is 912 g/mol. The van der Waals surface area contributed by atoms with Crippen LogP contribution in [-0.4, -0.2) is 61.2 Å². The van der Waals surface area contributed by atoms with Gasteiger partial charge in [-0.3, -0.25) is 29.1 Å². The van der Waals surface area contributed by atoms with Gasteiger partial charge in [0.2, 0.25) is 5.91 Å². The lowest BCUT2D eigenvalue weighted by molar-refractivity contribution is -0.138. The zero-order valence-corrected chi connectivity index (χ0v) is 35.8. The first-order valence-electron chi connectivity index (χ1n) is 21.0. The Morgan fingerprint density at radius 2 is 1.13 bits per heavy atom. The van der Waals surface area contributed by atoms with Gasteiger partial charge >= 0.3 is 5.97 Å². The number of benzene rings is 4. The molecule has 6 heterocycles. The van der Waals surface area contributed by atoms with E-state index >= 15 is 0 Å². The van der Waals surface area contributed by atoms with E-state index in [4.69, 9.17) is 10.8 Å². The Balaban J connectivity index is 0.000000149. The van der Waals surface area contributed by atoms with Crippen LogP contribution in [-0.2, 0) is 9.59 Å². The highest BCUT2D eigenvalue weighted by Gasteiger charge is 2.45. The first-order chi connectivity index (χ1) is 31.7. The standard InChI is InChI=1S/C25H19N5O2.C16H12N4O.C9H9NO2.CH4.ClH/c31-24(18-11-17(18)15-7-4-8-26-12-15)28-16-9-19-22-20(13-27-30-25(19)32)23(29-21(22)10-16)14-5-2-1-3-6-14;17-10-6-11-14-12(8-18-20-16(11)21)15(19-13(14)7-10)9-4-2-1-3-5-9;11-9(12)8-4-7(8)6-2-1-3-10-5-6;;/h1-10,12-13,17-18,29H,11H2,(H,28,31)(H,30,32);1-8,19H,17H2,(H,20,21);1-3,5,7-8H,4H2,(H,11,12);1H4;1H. The van der Waals surface area contributed by atoms with Crippen molar-refractivity contribution < 1.29 is 24.3 Å². The number of nitrogens with one attached hydrogen (secondary N) is 5. The summed E-state index contributed by atoms with van der Waals surface area (Å²) in [5, 5.41) is 21.4.